The quantitative estimate of drug-likeness (QED) is 0.551. The molecule has 0 aromatic rings. The minimum atomic E-state index is 0.130. The van der Waals surface area contributed by atoms with E-state index in [0.29, 0.717) is 21.9 Å². The molecule has 0 radical (unpaired) electrons. The van der Waals surface area contributed by atoms with Crippen LogP contribution in [0.25, 0.3) is 0 Å². The Kier molecular flexibility index (Phi) is 5.83. The third-order valence-corrected chi connectivity index (χ3v) is 3.82. The molecule has 2 rings (SSSR count). The van der Waals surface area contributed by atoms with Crippen molar-refractivity contribution in [3.63, 3.8) is 0 Å². The second-order valence-electron chi connectivity index (χ2n) is 4.67. The average Bonchev–Trinajstić information content (AvgIpc) is 2.48. The first-order valence-corrected chi connectivity index (χ1v) is 7.73. The van der Waals surface area contributed by atoms with Gasteiger partial charge in [-0.3, -0.25) is 10.8 Å². The molecule has 0 spiro atoms. The minimum absolute atomic E-state index is 0.130. The van der Waals surface area contributed by atoms with Crippen molar-refractivity contribution in [2.24, 2.45) is 5.10 Å². The summed E-state index contributed by atoms with van der Waals surface area (Å²) in [4.78, 5) is 0. The second-order valence-corrected chi connectivity index (χ2v) is 5.65. The fourth-order valence-corrected chi connectivity index (χ4v) is 2.61. The van der Waals surface area contributed by atoms with Gasteiger partial charge in [0.05, 0.1) is 6.21 Å². The highest BCUT2D eigenvalue weighted by molar-refractivity contribution is 8.16. The van der Waals surface area contributed by atoms with Crippen molar-refractivity contribution >= 4 is 23.0 Å². The molecule has 2 aliphatic rings. The average molecular weight is 304 g/mol. The molecule has 112 valence electrons. The Balaban J connectivity index is 2.14. The minimum Gasteiger partial charge on any atom is -0.488 e. The van der Waals surface area contributed by atoms with E-state index in [2.05, 4.69) is 29.0 Å². The molecule has 2 heterocycles. The van der Waals surface area contributed by atoms with Crippen LogP contribution in [0.1, 0.15) is 12.8 Å². The van der Waals surface area contributed by atoms with E-state index < -0.39 is 0 Å². The summed E-state index contributed by atoms with van der Waals surface area (Å²) in [6.45, 7) is 9.58. The Morgan fingerprint density at radius 2 is 2.43 bits per heavy atom. The van der Waals surface area contributed by atoms with Crippen molar-refractivity contribution in [3.05, 3.63) is 47.7 Å². The zero-order valence-electron chi connectivity index (χ0n) is 11.9. The Labute approximate surface area is 129 Å². The third kappa shape index (κ3) is 4.34. The Hall–Kier alpha value is -1.79. The lowest BCUT2D eigenvalue weighted by molar-refractivity contribution is 0.0988. The number of hydrogen-bond donors (Lipinski definition) is 3. The van der Waals surface area contributed by atoms with Crippen molar-refractivity contribution in [3.8, 4) is 0 Å². The molecule has 1 fully saturated rings. The van der Waals surface area contributed by atoms with Crippen LogP contribution in [0.2, 0.25) is 0 Å². The maximum atomic E-state index is 8.07. The predicted octanol–water partition coefficient (Wildman–Crippen LogP) is 2.52. The van der Waals surface area contributed by atoms with Crippen LogP contribution in [0, 0.1) is 5.41 Å². The lowest BCUT2D eigenvalue weighted by atomic mass is 10.1. The standard InChI is InChI=1S/C15H20N4OS/c1-3-21-15(16)13-10-19-18-8-6-14(11(13)2)20-12-5-4-7-17-9-12/h3,6,8,10,12,16-17,19H,1-2,4-5,7,9H2/b13-10+,14-6+,16-15?,18-8-. The van der Waals surface area contributed by atoms with Crippen molar-refractivity contribution in [2.45, 2.75) is 18.9 Å². The number of hydrazone groups is 1. The van der Waals surface area contributed by atoms with Crippen LogP contribution in [0.15, 0.2) is 52.8 Å². The van der Waals surface area contributed by atoms with Crippen LogP contribution < -0.4 is 10.7 Å². The molecule has 0 aromatic carbocycles. The molecular weight excluding hydrogens is 284 g/mol. The van der Waals surface area contributed by atoms with E-state index in [1.165, 1.54) is 11.8 Å². The molecule has 0 saturated carbocycles. The summed E-state index contributed by atoms with van der Waals surface area (Å²) in [6.07, 6.45) is 7.32. The van der Waals surface area contributed by atoms with E-state index in [1.807, 2.05) is 0 Å². The largest absolute Gasteiger partial charge is 0.488 e. The summed E-state index contributed by atoms with van der Waals surface area (Å²) >= 11 is 1.24. The molecule has 0 aliphatic carbocycles. The topological polar surface area (TPSA) is 69.5 Å². The molecule has 5 nitrogen and oxygen atoms in total. The Morgan fingerprint density at radius 1 is 1.57 bits per heavy atom. The lowest BCUT2D eigenvalue weighted by Crippen LogP contribution is -2.35. The smallest absolute Gasteiger partial charge is 0.128 e. The Bertz CT molecular complexity index is 516. The molecule has 3 N–H and O–H groups in total. The van der Waals surface area contributed by atoms with Crippen molar-refractivity contribution in [2.75, 3.05) is 13.1 Å². The maximum Gasteiger partial charge on any atom is 0.128 e. The van der Waals surface area contributed by atoms with Gasteiger partial charge in [-0.25, -0.2) is 0 Å². The first-order valence-electron chi connectivity index (χ1n) is 6.85. The summed E-state index contributed by atoms with van der Waals surface area (Å²) in [7, 11) is 0. The lowest BCUT2D eigenvalue weighted by Gasteiger charge is -2.26. The molecule has 6 heteroatoms. The van der Waals surface area contributed by atoms with Crippen LogP contribution >= 0.6 is 11.8 Å². The molecule has 1 saturated heterocycles. The predicted molar refractivity (Wildman–Crippen MR) is 89.4 cm³/mol. The van der Waals surface area contributed by atoms with Crippen molar-refractivity contribution < 1.29 is 4.74 Å². The van der Waals surface area contributed by atoms with Crippen LogP contribution in [-0.4, -0.2) is 30.5 Å². The highest BCUT2D eigenvalue weighted by atomic mass is 32.2. The Morgan fingerprint density at radius 3 is 3.14 bits per heavy atom. The number of thioether (sulfide) groups is 1. The van der Waals surface area contributed by atoms with Crippen LogP contribution in [-0.2, 0) is 4.74 Å². The summed E-state index contributed by atoms with van der Waals surface area (Å²) < 4.78 is 6.05. The van der Waals surface area contributed by atoms with E-state index in [1.54, 1.807) is 23.9 Å². The molecule has 1 atom stereocenters. The molecular formula is C15H20N4OS. The third-order valence-electron chi connectivity index (χ3n) is 3.20. The van der Waals surface area contributed by atoms with Crippen molar-refractivity contribution in [1.82, 2.24) is 10.7 Å². The molecule has 2 aliphatic heterocycles. The van der Waals surface area contributed by atoms with Gasteiger partial charge < -0.3 is 10.1 Å². The van der Waals surface area contributed by atoms with Crippen LogP contribution in [0.4, 0.5) is 0 Å². The van der Waals surface area contributed by atoms with Gasteiger partial charge in [-0.2, -0.15) is 5.10 Å². The summed E-state index contributed by atoms with van der Waals surface area (Å²) in [6, 6.07) is 0. The molecule has 1 unspecified atom stereocenters. The van der Waals surface area contributed by atoms with Gasteiger partial charge in [0, 0.05) is 30.0 Å². The monoisotopic (exact) mass is 304 g/mol. The van der Waals surface area contributed by atoms with Crippen molar-refractivity contribution in [1.29, 1.82) is 5.41 Å². The van der Waals surface area contributed by atoms with Gasteiger partial charge in [0.2, 0.25) is 0 Å². The maximum absolute atomic E-state index is 8.07. The summed E-state index contributed by atoms with van der Waals surface area (Å²) in [5.41, 5.74) is 4.12. The van der Waals surface area contributed by atoms with E-state index in [0.717, 1.165) is 25.9 Å². The summed E-state index contributed by atoms with van der Waals surface area (Å²) in [5, 5.41) is 17.4. The van der Waals surface area contributed by atoms with Gasteiger partial charge >= 0.3 is 0 Å². The fourth-order valence-electron chi connectivity index (χ4n) is 2.13. The number of allylic oxidation sites excluding steroid dienone is 2. The first kappa shape index (κ1) is 15.6. The van der Waals surface area contributed by atoms with Gasteiger partial charge in [0.15, 0.2) is 0 Å². The SMILES string of the molecule is C=CSC(=N)/C1=C/N/N=C\C=C(\OC2CCCNC2)C1=C. The van der Waals surface area contributed by atoms with E-state index in [4.69, 9.17) is 10.1 Å². The number of rotatable bonds is 4. The zero-order valence-corrected chi connectivity index (χ0v) is 12.7. The highest BCUT2D eigenvalue weighted by Gasteiger charge is 2.20. The van der Waals surface area contributed by atoms with E-state index in [-0.39, 0.29) is 6.10 Å². The molecule has 0 aromatic heterocycles. The molecule has 21 heavy (non-hydrogen) atoms. The first-order chi connectivity index (χ1) is 10.2. The highest BCUT2D eigenvalue weighted by Crippen LogP contribution is 2.26. The number of nitrogens with zero attached hydrogens (tertiary/aromatic N) is 1. The normalized spacial score (nSPS) is 28.8. The number of piperidine rings is 1. The van der Waals surface area contributed by atoms with Gasteiger partial charge in [-0.1, -0.05) is 24.9 Å². The van der Waals surface area contributed by atoms with E-state index in [9.17, 15) is 0 Å². The van der Waals surface area contributed by atoms with Gasteiger partial charge in [-0.15, -0.1) is 0 Å². The van der Waals surface area contributed by atoms with Gasteiger partial charge in [-0.05, 0) is 24.8 Å². The number of ether oxygens (including phenoxy) is 1. The second kappa shape index (κ2) is 7.85. The number of nitrogens with one attached hydrogen (secondary N) is 3. The molecule has 0 amide bonds. The zero-order chi connectivity index (χ0) is 15.1. The van der Waals surface area contributed by atoms with Gasteiger partial charge in [0.1, 0.15) is 16.9 Å². The van der Waals surface area contributed by atoms with E-state index >= 15 is 0 Å². The molecule has 0 bridgehead atoms. The van der Waals surface area contributed by atoms with Crippen LogP contribution in [0.3, 0.4) is 0 Å². The number of hydrogen-bond acceptors (Lipinski definition) is 6. The van der Waals surface area contributed by atoms with Crippen LogP contribution in [0.5, 0.6) is 0 Å². The summed E-state index contributed by atoms with van der Waals surface area (Å²) in [5.74, 6) is 0.662. The van der Waals surface area contributed by atoms with Gasteiger partial charge in [0.25, 0.3) is 0 Å². The fraction of sp³-hybridized carbons (Fsp3) is 0.333.